The maximum absolute atomic E-state index is 12.6. The van der Waals surface area contributed by atoms with Gasteiger partial charge in [-0.25, -0.2) is 4.79 Å². The molecular weight excluding hydrogens is 276 g/mol. The molecular formula is C17H28N4O. The molecule has 1 N–H and O–H groups in total. The standard InChI is InChI=1S/C17H28N4O/c1-4-15-13(11-20(3)19-15)9-18-17(22)21-10-12(2)14-7-5-6-8-16(14)21/h11-12,14,16H,4-10H2,1-3H3,(H,18,22)/t12-,14+,16-/m0/s1. The molecule has 3 rings (SSSR count). The van der Waals surface area contributed by atoms with E-state index in [1.807, 2.05) is 17.9 Å². The summed E-state index contributed by atoms with van der Waals surface area (Å²) in [5.74, 6) is 1.35. The van der Waals surface area contributed by atoms with Crippen LogP contribution in [0.4, 0.5) is 4.79 Å². The van der Waals surface area contributed by atoms with Crippen molar-refractivity contribution in [2.24, 2.45) is 18.9 Å². The second-order valence-electron chi connectivity index (χ2n) is 6.93. The van der Waals surface area contributed by atoms with Crippen molar-refractivity contribution in [1.82, 2.24) is 20.0 Å². The first kappa shape index (κ1) is 15.4. The van der Waals surface area contributed by atoms with Crippen LogP contribution in [-0.2, 0) is 20.0 Å². The van der Waals surface area contributed by atoms with Gasteiger partial charge in [-0.2, -0.15) is 5.10 Å². The lowest BCUT2D eigenvalue weighted by Crippen LogP contribution is -2.44. The number of urea groups is 1. The number of aromatic nitrogens is 2. The van der Waals surface area contributed by atoms with Crippen LogP contribution >= 0.6 is 0 Å². The lowest BCUT2D eigenvalue weighted by Gasteiger charge is -2.32. The molecule has 1 aromatic heterocycles. The summed E-state index contributed by atoms with van der Waals surface area (Å²) in [6, 6.07) is 0.565. The normalized spacial score (nSPS) is 27.8. The average molecular weight is 304 g/mol. The van der Waals surface area contributed by atoms with Crippen LogP contribution in [0.1, 0.15) is 50.8 Å². The number of hydrogen-bond acceptors (Lipinski definition) is 2. The van der Waals surface area contributed by atoms with Gasteiger partial charge in [0.2, 0.25) is 0 Å². The summed E-state index contributed by atoms with van der Waals surface area (Å²) < 4.78 is 1.83. The second kappa shape index (κ2) is 6.31. The van der Waals surface area contributed by atoms with Crippen LogP contribution in [0.15, 0.2) is 6.20 Å². The van der Waals surface area contributed by atoms with E-state index in [1.54, 1.807) is 0 Å². The number of rotatable bonds is 3. The Morgan fingerprint density at radius 2 is 2.18 bits per heavy atom. The van der Waals surface area contributed by atoms with E-state index in [0.29, 0.717) is 24.4 Å². The highest BCUT2D eigenvalue weighted by atomic mass is 16.2. The number of aryl methyl sites for hydroxylation is 2. The third-order valence-corrected chi connectivity index (χ3v) is 5.42. The Hall–Kier alpha value is -1.52. The van der Waals surface area contributed by atoms with E-state index in [4.69, 9.17) is 0 Å². The second-order valence-corrected chi connectivity index (χ2v) is 6.93. The van der Waals surface area contributed by atoms with Crippen molar-refractivity contribution in [3.63, 3.8) is 0 Å². The van der Waals surface area contributed by atoms with Gasteiger partial charge in [0.1, 0.15) is 0 Å². The molecule has 1 aromatic rings. The number of nitrogens with one attached hydrogen (secondary N) is 1. The molecule has 2 fully saturated rings. The largest absolute Gasteiger partial charge is 0.334 e. The molecule has 2 aliphatic rings. The predicted octanol–water partition coefficient (Wildman–Crippen LogP) is 2.70. The minimum atomic E-state index is 0.104. The molecule has 5 nitrogen and oxygen atoms in total. The minimum absolute atomic E-state index is 0.104. The van der Waals surface area contributed by atoms with E-state index in [-0.39, 0.29) is 6.03 Å². The van der Waals surface area contributed by atoms with Gasteiger partial charge in [0.05, 0.1) is 5.69 Å². The van der Waals surface area contributed by atoms with Crippen molar-refractivity contribution < 1.29 is 4.79 Å². The summed E-state index contributed by atoms with van der Waals surface area (Å²) >= 11 is 0. The van der Waals surface area contributed by atoms with Gasteiger partial charge in [-0.3, -0.25) is 4.68 Å². The van der Waals surface area contributed by atoms with Crippen molar-refractivity contribution in [1.29, 1.82) is 0 Å². The fourth-order valence-electron chi connectivity index (χ4n) is 4.31. The molecule has 1 saturated heterocycles. The van der Waals surface area contributed by atoms with E-state index < -0.39 is 0 Å². The van der Waals surface area contributed by atoms with Crippen LogP contribution in [0.2, 0.25) is 0 Å². The third-order valence-electron chi connectivity index (χ3n) is 5.42. The molecule has 0 aromatic carbocycles. The van der Waals surface area contributed by atoms with E-state index in [2.05, 4.69) is 29.2 Å². The fourth-order valence-corrected chi connectivity index (χ4v) is 4.31. The molecule has 0 spiro atoms. The van der Waals surface area contributed by atoms with Crippen LogP contribution in [0, 0.1) is 11.8 Å². The Labute approximate surface area is 133 Å². The molecule has 1 aliphatic carbocycles. The molecule has 5 heteroatoms. The Bertz CT molecular complexity index is 539. The van der Waals surface area contributed by atoms with Crippen LogP contribution in [0.25, 0.3) is 0 Å². The van der Waals surface area contributed by atoms with Gasteiger partial charge in [0.15, 0.2) is 0 Å². The van der Waals surface area contributed by atoms with Gasteiger partial charge in [0, 0.05) is 37.9 Å². The first-order valence-corrected chi connectivity index (χ1v) is 8.66. The maximum atomic E-state index is 12.6. The summed E-state index contributed by atoms with van der Waals surface area (Å²) in [6.07, 6.45) is 7.97. The maximum Gasteiger partial charge on any atom is 0.317 e. The van der Waals surface area contributed by atoms with Crippen LogP contribution in [-0.4, -0.2) is 33.3 Å². The zero-order valence-electron chi connectivity index (χ0n) is 14.0. The molecule has 3 atom stereocenters. The van der Waals surface area contributed by atoms with E-state index in [0.717, 1.165) is 24.2 Å². The highest BCUT2D eigenvalue weighted by molar-refractivity contribution is 5.75. The summed E-state index contributed by atoms with van der Waals surface area (Å²) in [5, 5.41) is 7.55. The van der Waals surface area contributed by atoms with Gasteiger partial charge in [0.25, 0.3) is 0 Å². The molecule has 2 heterocycles. The van der Waals surface area contributed by atoms with Gasteiger partial charge in [-0.05, 0) is 31.1 Å². The van der Waals surface area contributed by atoms with Gasteiger partial charge < -0.3 is 10.2 Å². The molecule has 22 heavy (non-hydrogen) atoms. The van der Waals surface area contributed by atoms with Crippen molar-refractivity contribution in [2.45, 2.75) is 58.5 Å². The summed E-state index contributed by atoms with van der Waals surface area (Å²) in [6.45, 7) is 5.89. The SMILES string of the molecule is CCc1nn(C)cc1CNC(=O)N1C[C@H](C)[C@H]2CCCC[C@@H]21. The van der Waals surface area contributed by atoms with E-state index >= 15 is 0 Å². The zero-order chi connectivity index (χ0) is 15.7. The van der Waals surface area contributed by atoms with E-state index in [9.17, 15) is 4.79 Å². The molecule has 1 saturated carbocycles. The first-order chi connectivity index (χ1) is 10.6. The van der Waals surface area contributed by atoms with Gasteiger partial charge in [-0.15, -0.1) is 0 Å². The molecule has 1 aliphatic heterocycles. The quantitative estimate of drug-likeness (QED) is 0.933. The Balaban J connectivity index is 1.62. The lowest BCUT2D eigenvalue weighted by molar-refractivity contribution is 0.168. The Morgan fingerprint density at radius 3 is 2.95 bits per heavy atom. The molecule has 122 valence electrons. The first-order valence-electron chi connectivity index (χ1n) is 8.66. The van der Waals surface area contributed by atoms with Gasteiger partial charge in [-0.1, -0.05) is 26.7 Å². The van der Waals surface area contributed by atoms with Crippen molar-refractivity contribution in [2.75, 3.05) is 6.54 Å². The molecule has 0 unspecified atom stereocenters. The fraction of sp³-hybridized carbons (Fsp3) is 0.765. The number of fused-ring (bicyclic) bond motifs is 1. The summed E-state index contributed by atoms with van der Waals surface area (Å²) in [4.78, 5) is 14.7. The minimum Gasteiger partial charge on any atom is -0.334 e. The van der Waals surface area contributed by atoms with Crippen LogP contribution in [0.3, 0.4) is 0 Å². The average Bonchev–Trinajstić information content (AvgIpc) is 3.05. The number of amides is 2. The smallest absolute Gasteiger partial charge is 0.317 e. The number of carbonyl (C=O) groups excluding carboxylic acids is 1. The lowest BCUT2D eigenvalue weighted by atomic mass is 9.80. The molecule has 0 bridgehead atoms. The van der Waals surface area contributed by atoms with Crippen molar-refractivity contribution >= 4 is 6.03 Å². The topological polar surface area (TPSA) is 50.2 Å². The highest BCUT2D eigenvalue weighted by Gasteiger charge is 2.42. The highest BCUT2D eigenvalue weighted by Crippen LogP contribution is 2.39. The van der Waals surface area contributed by atoms with Crippen molar-refractivity contribution in [3.8, 4) is 0 Å². The number of hydrogen-bond donors (Lipinski definition) is 1. The number of nitrogens with zero attached hydrogens (tertiary/aromatic N) is 3. The number of likely N-dealkylation sites (tertiary alicyclic amines) is 1. The van der Waals surface area contributed by atoms with Gasteiger partial charge >= 0.3 is 6.03 Å². The number of carbonyl (C=O) groups is 1. The monoisotopic (exact) mass is 304 g/mol. The van der Waals surface area contributed by atoms with Crippen molar-refractivity contribution in [3.05, 3.63) is 17.5 Å². The Morgan fingerprint density at radius 1 is 1.41 bits per heavy atom. The zero-order valence-corrected chi connectivity index (χ0v) is 14.0. The summed E-state index contributed by atoms with van der Waals surface area (Å²) in [5.41, 5.74) is 2.21. The predicted molar refractivity (Wildman–Crippen MR) is 86.4 cm³/mol. The van der Waals surface area contributed by atoms with E-state index in [1.165, 1.54) is 25.7 Å². The van der Waals surface area contributed by atoms with Crippen LogP contribution in [0.5, 0.6) is 0 Å². The molecule has 2 amide bonds. The summed E-state index contributed by atoms with van der Waals surface area (Å²) in [7, 11) is 1.93. The Kier molecular flexibility index (Phi) is 4.41. The third kappa shape index (κ3) is 2.85. The molecule has 0 radical (unpaired) electrons. The van der Waals surface area contributed by atoms with Crippen LogP contribution < -0.4 is 5.32 Å².